The van der Waals surface area contributed by atoms with Crippen LogP contribution in [-0.4, -0.2) is 27.8 Å². The normalized spacial score (nSPS) is 32.6. The zero-order chi connectivity index (χ0) is 10.1. The molecule has 4 heteroatoms. The number of aliphatic hydroxyl groups excluding tert-OH is 1. The smallest absolute Gasteiger partial charge is 0.221 e. The second kappa shape index (κ2) is 3.32. The monoisotopic (exact) mass is 183 g/mol. The number of aliphatic hydroxyl groups is 2. The minimum absolute atomic E-state index is 0.204. The number of amides is 1. The molecular weight excluding hydrogens is 170 g/mol. The summed E-state index contributed by atoms with van der Waals surface area (Å²) in [5.41, 5.74) is -0.742. The van der Waals surface area contributed by atoms with Crippen molar-refractivity contribution in [3.8, 4) is 0 Å². The predicted molar refractivity (Wildman–Crippen MR) is 47.7 cm³/mol. The molecule has 0 fully saturated rings. The highest BCUT2D eigenvalue weighted by atomic mass is 16.3. The third kappa shape index (κ3) is 2.40. The largest absolute Gasteiger partial charge is 0.386 e. The quantitative estimate of drug-likeness (QED) is 0.522. The van der Waals surface area contributed by atoms with Crippen LogP contribution in [0.15, 0.2) is 23.9 Å². The van der Waals surface area contributed by atoms with Gasteiger partial charge in [0.15, 0.2) is 0 Å². The third-order valence-corrected chi connectivity index (χ3v) is 1.86. The van der Waals surface area contributed by atoms with E-state index >= 15 is 0 Å². The number of carbonyl (C=O) groups excluding carboxylic acids is 1. The first-order valence-corrected chi connectivity index (χ1v) is 4.01. The van der Waals surface area contributed by atoms with Gasteiger partial charge < -0.3 is 15.5 Å². The van der Waals surface area contributed by atoms with Crippen LogP contribution in [0.25, 0.3) is 0 Å². The van der Waals surface area contributed by atoms with Crippen LogP contribution in [0.4, 0.5) is 0 Å². The van der Waals surface area contributed by atoms with E-state index in [2.05, 4.69) is 5.32 Å². The summed E-state index contributed by atoms with van der Waals surface area (Å²) in [4.78, 5) is 10.7. The van der Waals surface area contributed by atoms with Crippen molar-refractivity contribution >= 4 is 5.91 Å². The molecule has 0 bridgehead atoms. The standard InChI is InChI=1S/C9H13NO3/c1-6(11)10-7-3-4-9(2,13)8(12)5-7/h3-5,8,12-13H,1-2H3,(H,10,11)/t8-,9+/m0/s1. The van der Waals surface area contributed by atoms with Crippen LogP contribution in [0, 0.1) is 0 Å². The van der Waals surface area contributed by atoms with Crippen LogP contribution >= 0.6 is 0 Å². The van der Waals surface area contributed by atoms with Gasteiger partial charge in [-0.2, -0.15) is 0 Å². The van der Waals surface area contributed by atoms with Crippen LogP contribution in [0.3, 0.4) is 0 Å². The maximum atomic E-state index is 10.7. The van der Waals surface area contributed by atoms with Gasteiger partial charge in [0.2, 0.25) is 5.91 Å². The van der Waals surface area contributed by atoms with Crippen LogP contribution in [0.1, 0.15) is 13.8 Å². The third-order valence-electron chi connectivity index (χ3n) is 1.86. The highest BCUT2D eigenvalue weighted by Crippen LogP contribution is 2.19. The summed E-state index contributed by atoms with van der Waals surface area (Å²) in [6.07, 6.45) is 3.43. The fourth-order valence-corrected chi connectivity index (χ4v) is 1.04. The SMILES string of the molecule is CC(=O)NC1=C[C@H](O)[C@](C)(O)C=C1. The summed E-state index contributed by atoms with van der Waals surface area (Å²) in [5, 5.41) is 21.4. The number of hydrogen-bond donors (Lipinski definition) is 3. The molecule has 0 saturated carbocycles. The fourth-order valence-electron chi connectivity index (χ4n) is 1.04. The van der Waals surface area contributed by atoms with Crippen LogP contribution in [-0.2, 0) is 4.79 Å². The fraction of sp³-hybridized carbons (Fsp3) is 0.444. The van der Waals surface area contributed by atoms with Gasteiger partial charge in [-0.1, -0.05) is 0 Å². The Bertz CT molecular complexity index is 279. The van der Waals surface area contributed by atoms with E-state index in [-0.39, 0.29) is 5.91 Å². The van der Waals surface area contributed by atoms with Crippen LogP contribution in [0.5, 0.6) is 0 Å². The van der Waals surface area contributed by atoms with Gasteiger partial charge in [-0.05, 0) is 25.2 Å². The Morgan fingerprint density at radius 2 is 2.31 bits per heavy atom. The molecule has 0 aliphatic heterocycles. The van der Waals surface area contributed by atoms with Gasteiger partial charge in [0, 0.05) is 12.6 Å². The van der Waals surface area contributed by atoms with E-state index in [4.69, 9.17) is 0 Å². The average molecular weight is 183 g/mol. The Morgan fingerprint density at radius 3 is 2.77 bits per heavy atom. The first kappa shape index (κ1) is 9.95. The molecule has 0 spiro atoms. The Balaban J connectivity index is 2.74. The van der Waals surface area contributed by atoms with Gasteiger partial charge in [0.1, 0.15) is 11.7 Å². The molecule has 13 heavy (non-hydrogen) atoms. The van der Waals surface area contributed by atoms with Crippen molar-refractivity contribution < 1.29 is 15.0 Å². The molecule has 0 saturated heterocycles. The lowest BCUT2D eigenvalue weighted by atomic mass is 9.93. The molecule has 0 aromatic rings. The maximum absolute atomic E-state index is 10.7. The van der Waals surface area contributed by atoms with E-state index in [1.165, 1.54) is 26.0 Å². The number of carbonyl (C=O) groups is 1. The van der Waals surface area contributed by atoms with Crippen LogP contribution in [0.2, 0.25) is 0 Å². The molecule has 0 unspecified atom stereocenters. The molecular formula is C9H13NO3. The van der Waals surface area contributed by atoms with Gasteiger partial charge in [-0.15, -0.1) is 0 Å². The summed E-state index contributed by atoms with van der Waals surface area (Å²) in [6, 6.07) is 0. The zero-order valence-electron chi connectivity index (χ0n) is 7.61. The highest BCUT2D eigenvalue weighted by molar-refractivity contribution is 5.75. The second-order valence-electron chi connectivity index (χ2n) is 3.31. The maximum Gasteiger partial charge on any atom is 0.221 e. The lowest BCUT2D eigenvalue weighted by Crippen LogP contribution is -2.39. The number of allylic oxidation sites excluding steroid dienone is 1. The molecule has 1 aliphatic rings. The van der Waals surface area contributed by atoms with Crippen molar-refractivity contribution in [3.63, 3.8) is 0 Å². The molecule has 0 radical (unpaired) electrons. The van der Waals surface area contributed by atoms with Crippen molar-refractivity contribution in [1.29, 1.82) is 0 Å². The van der Waals surface area contributed by atoms with Gasteiger partial charge in [-0.3, -0.25) is 4.79 Å². The summed E-state index contributed by atoms with van der Waals surface area (Å²) in [6.45, 7) is 2.88. The molecule has 1 amide bonds. The number of nitrogens with one attached hydrogen (secondary N) is 1. The van der Waals surface area contributed by atoms with Gasteiger partial charge >= 0.3 is 0 Å². The van der Waals surface area contributed by atoms with E-state index in [1.807, 2.05) is 0 Å². The van der Waals surface area contributed by atoms with Crippen molar-refractivity contribution in [1.82, 2.24) is 5.32 Å². The van der Waals surface area contributed by atoms with Gasteiger partial charge in [-0.25, -0.2) is 0 Å². The van der Waals surface area contributed by atoms with Crippen molar-refractivity contribution in [3.05, 3.63) is 23.9 Å². The molecule has 1 rings (SSSR count). The van der Waals surface area contributed by atoms with Crippen molar-refractivity contribution in [2.24, 2.45) is 0 Å². The topological polar surface area (TPSA) is 69.6 Å². The van der Waals surface area contributed by atoms with E-state index < -0.39 is 11.7 Å². The first-order valence-electron chi connectivity index (χ1n) is 4.01. The van der Waals surface area contributed by atoms with Gasteiger partial charge in [0.05, 0.1) is 0 Å². The van der Waals surface area contributed by atoms with E-state index in [9.17, 15) is 15.0 Å². The predicted octanol–water partition coefficient (Wildman–Crippen LogP) is -0.312. The number of hydrogen-bond acceptors (Lipinski definition) is 3. The van der Waals surface area contributed by atoms with E-state index in [0.717, 1.165) is 0 Å². The summed E-state index contributed by atoms with van der Waals surface area (Å²) >= 11 is 0. The zero-order valence-corrected chi connectivity index (χ0v) is 7.61. The first-order chi connectivity index (χ1) is 5.92. The second-order valence-corrected chi connectivity index (χ2v) is 3.31. The average Bonchev–Trinajstić information content (AvgIpc) is 1.97. The highest BCUT2D eigenvalue weighted by Gasteiger charge is 2.28. The minimum Gasteiger partial charge on any atom is -0.386 e. The Labute approximate surface area is 76.6 Å². The van der Waals surface area contributed by atoms with Crippen molar-refractivity contribution in [2.45, 2.75) is 25.6 Å². The minimum atomic E-state index is -1.25. The van der Waals surface area contributed by atoms with Gasteiger partial charge in [0.25, 0.3) is 0 Å². The summed E-state index contributed by atoms with van der Waals surface area (Å²) < 4.78 is 0. The van der Waals surface area contributed by atoms with E-state index in [1.54, 1.807) is 6.08 Å². The number of rotatable bonds is 1. The molecule has 2 atom stereocenters. The lowest BCUT2D eigenvalue weighted by Gasteiger charge is -2.27. The Hall–Kier alpha value is -1.13. The molecule has 72 valence electrons. The molecule has 0 aromatic heterocycles. The van der Waals surface area contributed by atoms with Crippen molar-refractivity contribution in [2.75, 3.05) is 0 Å². The molecule has 4 nitrogen and oxygen atoms in total. The Morgan fingerprint density at radius 1 is 1.69 bits per heavy atom. The Kier molecular flexibility index (Phi) is 2.54. The lowest BCUT2D eigenvalue weighted by molar-refractivity contribution is -0.118. The van der Waals surface area contributed by atoms with Crippen LogP contribution < -0.4 is 5.32 Å². The molecule has 0 aromatic carbocycles. The molecule has 3 N–H and O–H groups in total. The molecule has 0 heterocycles. The summed E-state index contributed by atoms with van der Waals surface area (Å²) in [5.74, 6) is -0.204. The molecule has 1 aliphatic carbocycles. The summed E-state index contributed by atoms with van der Waals surface area (Å²) in [7, 11) is 0. The van der Waals surface area contributed by atoms with E-state index in [0.29, 0.717) is 5.70 Å².